The number of ether oxygens (including phenoxy) is 3. The largest absolute Gasteiger partial charge is 0.445 e. The number of carbonyl (C=O) groups excluding carboxylic acids is 10. The average Bonchev–Trinajstić information content (AvgIpc) is 1.33. The lowest BCUT2D eigenvalue weighted by Gasteiger charge is -2.41. The Morgan fingerprint density at radius 3 is 1.95 bits per heavy atom. The molecular weight excluding hydrogens is 1210 g/mol. The molecule has 26 nitrogen and oxygen atoms in total. The molecule has 0 spiro atoms. The Morgan fingerprint density at radius 2 is 1.37 bits per heavy atom. The van der Waals surface area contributed by atoms with Gasteiger partial charge in [-0.25, -0.2) is 9.59 Å². The lowest BCUT2D eigenvalue weighted by Crippen LogP contribution is -2.60. The summed E-state index contributed by atoms with van der Waals surface area (Å²) in [4.78, 5) is 139. The molecule has 1 unspecified atom stereocenters. The number of nitrogens with zero attached hydrogens (tertiary/aromatic N) is 4. The number of hydrogen-bond donors (Lipinski definition) is 9. The zero-order chi connectivity index (χ0) is 70.1. The minimum Gasteiger partial charge on any atom is -0.445 e. The first-order chi connectivity index (χ1) is 44.5. The van der Waals surface area contributed by atoms with Gasteiger partial charge >= 0.3 is 12.1 Å². The van der Waals surface area contributed by atoms with E-state index in [9.17, 15) is 58.2 Å². The fourth-order valence-electron chi connectivity index (χ4n) is 12.2. The maximum Gasteiger partial charge on any atom is 0.410 e. The van der Waals surface area contributed by atoms with E-state index in [4.69, 9.17) is 19.9 Å². The van der Waals surface area contributed by atoms with Gasteiger partial charge in [0.05, 0.1) is 36.8 Å². The van der Waals surface area contributed by atoms with Crippen molar-refractivity contribution in [3.63, 3.8) is 0 Å². The van der Waals surface area contributed by atoms with E-state index in [0.29, 0.717) is 61.9 Å². The third kappa shape index (κ3) is 23.1. The Bertz CT molecular complexity index is 2830. The number of aliphatic hydroxyl groups is 2. The zero-order valence-corrected chi connectivity index (χ0v) is 57.6. The molecule has 0 aliphatic carbocycles. The van der Waals surface area contributed by atoms with Crippen LogP contribution in [0, 0.1) is 29.6 Å². The molecule has 1 saturated heterocycles. The predicted molar refractivity (Wildman–Crippen MR) is 354 cm³/mol. The summed E-state index contributed by atoms with van der Waals surface area (Å²) >= 11 is 0. The Labute approximate surface area is 554 Å². The van der Waals surface area contributed by atoms with Crippen molar-refractivity contribution in [2.75, 3.05) is 53.3 Å². The molecule has 2 aliphatic heterocycles. The number of nitrogens with one attached hydrogen (secondary N) is 6. The number of primary amides is 1. The van der Waals surface area contributed by atoms with E-state index in [1.165, 1.54) is 31.2 Å². The number of benzene rings is 2. The van der Waals surface area contributed by atoms with E-state index in [-0.39, 0.29) is 86.9 Å². The highest BCUT2D eigenvalue weighted by Gasteiger charge is 2.44. The highest BCUT2D eigenvalue weighted by Crippen LogP contribution is 2.31. The Hall–Kier alpha value is -7.52. The number of aliphatic hydroxyl groups excluding tert-OH is 2. The fraction of sp³-hybridized carbons (Fsp3) is 0.647. The van der Waals surface area contributed by atoms with Crippen LogP contribution in [-0.2, 0) is 59.2 Å². The van der Waals surface area contributed by atoms with Crippen LogP contribution in [0.2, 0.25) is 0 Å². The van der Waals surface area contributed by atoms with Crippen molar-refractivity contribution in [2.45, 2.75) is 207 Å². The van der Waals surface area contributed by atoms with E-state index >= 15 is 0 Å². The van der Waals surface area contributed by atoms with Crippen molar-refractivity contribution in [1.29, 1.82) is 0 Å². The molecule has 0 aromatic heterocycles. The molecule has 26 heteroatoms. The molecule has 0 saturated carbocycles. The molecule has 11 amide bonds. The van der Waals surface area contributed by atoms with Crippen LogP contribution in [0.25, 0.3) is 0 Å². The summed E-state index contributed by atoms with van der Waals surface area (Å²) < 4.78 is 17.8. The van der Waals surface area contributed by atoms with Gasteiger partial charge in [0.1, 0.15) is 37.0 Å². The van der Waals surface area contributed by atoms with E-state index in [0.717, 1.165) is 4.90 Å². The topological polar surface area (TPSA) is 350 Å². The van der Waals surface area contributed by atoms with Gasteiger partial charge in [-0.05, 0) is 92.4 Å². The molecule has 2 heterocycles. The normalized spacial score (nSPS) is 17.8. The van der Waals surface area contributed by atoms with E-state index in [1.54, 1.807) is 96.7 Å². The number of urea groups is 1. The minimum atomic E-state index is -1.11. The van der Waals surface area contributed by atoms with Crippen molar-refractivity contribution in [2.24, 2.45) is 35.3 Å². The summed E-state index contributed by atoms with van der Waals surface area (Å²) in [5, 5.41) is 39.3. The van der Waals surface area contributed by atoms with Crippen LogP contribution in [0.15, 0.2) is 66.7 Å². The number of likely N-dealkylation sites (N-methyl/N-ethyl adjacent to an activating group) is 2. The van der Waals surface area contributed by atoms with Gasteiger partial charge in [-0.2, -0.15) is 0 Å². The monoisotopic (exact) mass is 1320 g/mol. The summed E-state index contributed by atoms with van der Waals surface area (Å²) in [6.07, 6.45) is 2.16. The third-order valence-corrected chi connectivity index (χ3v) is 17.9. The molecule has 10 N–H and O–H groups in total. The lowest BCUT2D eigenvalue weighted by molar-refractivity contribution is -0.147. The smallest absolute Gasteiger partial charge is 0.410 e. The van der Waals surface area contributed by atoms with Crippen molar-refractivity contribution in [3.05, 3.63) is 77.9 Å². The lowest BCUT2D eigenvalue weighted by atomic mass is 9.89. The van der Waals surface area contributed by atoms with Gasteiger partial charge in [-0.1, -0.05) is 118 Å². The number of anilines is 1. The summed E-state index contributed by atoms with van der Waals surface area (Å²) in [5.74, 6) is -5.42. The molecule has 4 rings (SSSR count). The molecule has 524 valence electrons. The van der Waals surface area contributed by atoms with Gasteiger partial charge in [0.15, 0.2) is 0 Å². The first-order valence-corrected chi connectivity index (χ1v) is 33.0. The van der Waals surface area contributed by atoms with Gasteiger partial charge in [0.2, 0.25) is 35.4 Å². The number of methoxy groups -OCH3 is 2. The second kappa shape index (κ2) is 38.7. The molecule has 0 bridgehead atoms. The van der Waals surface area contributed by atoms with Crippen LogP contribution in [0.4, 0.5) is 15.3 Å². The van der Waals surface area contributed by atoms with Crippen molar-refractivity contribution < 1.29 is 72.4 Å². The Balaban J connectivity index is 1.37. The van der Waals surface area contributed by atoms with Crippen LogP contribution in [0.3, 0.4) is 0 Å². The summed E-state index contributed by atoms with van der Waals surface area (Å²) in [6.45, 7) is 18.8. The van der Waals surface area contributed by atoms with Crippen molar-refractivity contribution in [3.8, 4) is 0 Å². The molecular formula is C68H107N11O15. The molecule has 0 radical (unpaired) electrons. The van der Waals surface area contributed by atoms with Gasteiger partial charge in [0.25, 0.3) is 11.8 Å². The predicted octanol–water partition coefficient (Wildman–Crippen LogP) is 4.87. The van der Waals surface area contributed by atoms with Crippen molar-refractivity contribution in [1.82, 2.24) is 46.2 Å². The molecule has 94 heavy (non-hydrogen) atoms. The number of unbranched alkanes of at least 4 members (excludes halogenated alkanes) is 2. The van der Waals surface area contributed by atoms with Gasteiger partial charge in [0, 0.05) is 84.2 Å². The zero-order valence-electron chi connectivity index (χ0n) is 57.6. The van der Waals surface area contributed by atoms with E-state index in [2.05, 4.69) is 31.9 Å². The summed E-state index contributed by atoms with van der Waals surface area (Å²) in [6, 6.07) is 9.06. The number of amides is 11. The van der Waals surface area contributed by atoms with Gasteiger partial charge < -0.3 is 66.5 Å². The Morgan fingerprint density at radius 1 is 0.734 bits per heavy atom. The third-order valence-electron chi connectivity index (χ3n) is 17.9. The van der Waals surface area contributed by atoms with E-state index in [1.807, 2.05) is 51.1 Å². The molecule has 2 aromatic carbocycles. The van der Waals surface area contributed by atoms with Gasteiger partial charge in [-0.3, -0.25) is 53.5 Å². The standard InChI is InChI=1S/C68H107N11O15/c1-15-43(8)59(51(92-13)38-55(83)78-37-23-27-50(78)61(93-14)44(9)62(85)71-45(10)60(84)47-24-18-16-19-25-47)76(11)66(89)57(41(4)5)75-65(88)58(42(6)7)77(12)68(91)94-39-46-29-31-48(32-30-46)72-63(86)49(26-22-35-70-67(69)90)73-64(87)56(40(2)3)74-52(80)28-20-17-21-36-79-53(81)33-34-54(79)82/h16,18-19,24-25,29-34,40-45,49-51,56-62,71,84-85H,15,17,20-23,26-28,35-39H2,1-14H3,(H,72,86)(H,73,87)(H,74,80)(H,75,88)(H3,69,70,90)/t43-,44+,45+,49-,50-,51+,56+,57-,58-,59-,60+,61+,62?/m0/s1. The fourth-order valence-corrected chi connectivity index (χ4v) is 12.2. The van der Waals surface area contributed by atoms with Crippen LogP contribution >= 0.6 is 0 Å². The Kier molecular flexibility index (Phi) is 32.5. The van der Waals surface area contributed by atoms with Crippen LogP contribution in [-0.4, -0.2) is 198 Å². The summed E-state index contributed by atoms with van der Waals surface area (Å²) in [5.41, 5.74) is 6.82. The number of likely N-dealkylation sites (tertiary alicyclic amines) is 1. The number of carbonyl (C=O) groups is 10. The van der Waals surface area contributed by atoms with Gasteiger partial charge in [-0.15, -0.1) is 0 Å². The first kappa shape index (κ1) is 78.9. The molecule has 13 atom stereocenters. The van der Waals surface area contributed by atoms with Crippen molar-refractivity contribution >= 4 is 65.1 Å². The number of nitrogens with two attached hydrogens (primary N) is 1. The minimum absolute atomic E-state index is 0.0700. The second-order valence-electron chi connectivity index (χ2n) is 25.9. The SMILES string of the molecule is CC[C@H](C)[C@@H]([C@@H](CC(=O)N1CCC[C@H]1[C@H](OC)[C@@H](C)C(O)N[C@H](C)[C@@H](O)c1ccccc1)OC)N(C)C(=O)[C@@H](NC(=O)[C@H](C(C)C)N(C)C(=O)OCc1ccc(NC(=O)[C@H](CCCNC(N)=O)NC(=O)[C@H](NC(=O)CCCCCN2C(=O)C=CC2=O)C(C)C)cc1)C(C)C. The van der Waals surface area contributed by atoms with Crippen LogP contribution in [0.1, 0.15) is 151 Å². The first-order valence-electron chi connectivity index (χ1n) is 33.0. The number of hydrogen-bond acceptors (Lipinski definition) is 16. The maximum absolute atomic E-state index is 14.8. The molecule has 1 fully saturated rings. The van der Waals surface area contributed by atoms with Crippen LogP contribution < -0.4 is 37.6 Å². The van der Waals surface area contributed by atoms with E-state index < -0.39 is 114 Å². The quantitative estimate of drug-likeness (QED) is 0.0245. The highest BCUT2D eigenvalue weighted by molar-refractivity contribution is 6.12. The number of imide groups is 1. The molecule has 2 aromatic rings. The highest BCUT2D eigenvalue weighted by atomic mass is 16.6. The number of rotatable bonds is 39. The summed E-state index contributed by atoms with van der Waals surface area (Å²) in [7, 11) is 6.14. The maximum atomic E-state index is 14.8. The van der Waals surface area contributed by atoms with Crippen LogP contribution in [0.5, 0.6) is 0 Å². The molecule has 2 aliphatic rings. The second-order valence-corrected chi connectivity index (χ2v) is 25.9. The average molecular weight is 1320 g/mol.